The molecule has 6 nitrogen and oxygen atoms in total. The Morgan fingerprint density at radius 3 is 2.54 bits per heavy atom. The highest BCUT2D eigenvalue weighted by atomic mass is 16.5. The molecule has 1 aliphatic carbocycles. The molecule has 0 atom stereocenters. The number of hydrogen-bond acceptors (Lipinski definition) is 6. The molecule has 1 aromatic carbocycles. The molecule has 0 bridgehead atoms. The molecule has 2 aliphatic rings. The average molecular weight is 354 g/mol. The first-order valence-corrected chi connectivity index (χ1v) is 9.35. The Kier molecular flexibility index (Phi) is 4.82. The topological polar surface area (TPSA) is 59.5 Å². The van der Waals surface area contributed by atoms with Gasteiger partial charge in [-0.15, -0.1) is 0 Å². The minimum Gasteiger partial charge on any atom is -0.493 e. The van der Waals surface area contributed by atoms with Crippen LogP contribution in [-0.2, 0) is 13.0 Å². The van der Waals surface area contributed by atoms with Crippen molar-refractivity contribution in [3.8, 4) is 11.5 Å². The van der Waals surface area contributed by atoms with E-state index in [1.807, 2.05) is 12.3 Å². The van der Waals surface area contributed by atoms with Gasteiger partial charge >= 0.3 is 0 Å². The molecule has 2 aromatic rings. The van der Waals surface area contributed by atoms with Crippen molar-refractivity contribution in [2.45, 2.75) is 44.7 Å². The van der Waals surface area contributed by atoms with Crippen molar-refractivity contribution in [1.82, 2.24) is 9.97 Å². The molecule has 0 radical (unpaired) electrons. The van der Waals surface area contributed by atoms with E-state index in [0.29, 0.717) is 6.04 Å². The van der Waals surface area contributed by atoms with Crippen LogP contribution in [0, 0.1) is 0 Å². The first-order chi connectivity index (χ1) is 12.8. The van der Waals surface area contributed by atoms with E-state index < -0.39 is 0 Å². The van der Waals surface area contributed by atoms with E-state index in [1.54, 1.807) is 14.2 Å². The summed E-state index contributed by atoms with van der Waals surface area (Å²) in [6, 6.07) is 6.69. The number of anilines is 2. The highest BCUT2D eigenvalue weighted by Gasteiger charge is 2.21. The summed E-state index contributed by atoms with van der Waals surface area (Å²) in [6.45, 7) is 1.75. The molecule has 1 fully saturated rings. The third-order valence-corrected chi connectivity index (χ3v) is 5.37. The van der Waals surface area contributed by atoms with Crippen LogP contribution in [0.25, 0.3) is 0 Å². The van der Waals surface area contributed by atoms with Crippen LogP contribution in [0.15, 0.2) is 24.4 Å². The minimum atomic E-state index is 0.518. The third-order valence-electron chi connectivity index (χ3n) is 5.37. The number of ether oxygens (including phenoxy) is 2. The van der Waals surface area contributed by atoms with Crippen LogP contribution >= 0.6 is 0 Å². The second-order valence-electron chi connectivity index (χ2n) is 7.01. The van der Waals surface area contributed by atoms with Gasteiger partial charge in [0.1, 0.15) is 5.82 Å². The number of methoxy groups -OCH3 is 2. The number of rotatable bonds is 5. The standard InChI is InChI=1S/C20H26N4O2/c1-25-17-11-14-8-10-24(13-15(14)12-18(17)26-2)19-7-9-21-20(23-19)22-16-5-3-4-6-16/h7,9,11-12,16H,3-6,8,10,13H2,1-2H3,(H,21,22,23). The monoisotopic (exact) mass is 354 g/mol. The summed E-state index contributed by atoms with van der Waals surface area (Å²) >= 11 is 0. The van der Waals surface area contributed by atoms with Crippen molar-refractivity contribution in [2.75, 3.05) is 31.0 Å². The summed E-state index contributed by atoms with van der Waals surface area (Å²) in [5.41, 5.74) is 2.58. The van der Waals surface area contributed by atoms with E-state index in [4.69, 9.17) is 14.5 Å². The van der Waals surface area contributed by atoms with Crippen LogP contribution in [0.5, 0.6) is 11.5 Å². The van der Waals surface area contributed by atoms with Gasteiger partial charge in [0.05, 0.1) is 14.2 Å². The molecule has 0 amide bonds. The fraction of sp³-hybridized carbons (Fsp3) is 0.500. The summed E-state index contributed by atoms with van der Waals surface area (Å²) in [4.78, 5) is 11.5. The highest BCUT2D eigenvalue weighted by Crippen LogP contribution is 2.34. The van der Waals surface area contributed by atoms with Crippen molar-refractivity contribution in [3.05, 3.63) is 35.5 Å². The number of aromatic nitrogens is 2. The molecule has 6 heteroatoms. The Bertz CT molecular complexity index is 774. The minimum absolute atomic E-state index is 0.518. The zero-order chi connectivity index (χ0) is 17.9. The van der Waals surface area contributed by atoms with E-state index in [1.165, 1.54) is 36.8 Å². The summed E-state index contributed by atoms with van der Waals surface area (Å²) in [6.07, 6.45) is 7.84. The summed E-state index contributed by atoms with van der Waals surface area (Å²) < 4.78 is 10.9. The molecule has 1 N–H and O–H groups in total. The van der Waals surface area contributed by atoms with E-state index >= 15 is 0 Å². The van der Waals surface area contributed by atoms with Crippen molar-refractivity contribution in [2.24, 2.45) is 0 Å². The first-order valence-electron chi connectivity index (χ1n) is 9.35. The number of hydrogen-bond donors (Lipinski definition) is 1. The Balaban J connectivity index is 1.53. The molecule has 1 aromatic heterocycles. The van der Waals surface area contributed by atoms with Crippen LogP contribution in [0.3, 0.4) is 0 Å². The predicted molar refractivity (Wildman–Crippen MR) is 102 cm³/mol. The lowest BCUT2D eigenvalue weighted by atomic mass is 9.99. The van der Waals surface area contributed by atoms with Crippen molar-refractivity contribution >= 4 is 11.8 Å². The molecule has 2 heterocycles. The van der Waals surface area contributed by atoms with Crippen molar-refractivity contribution in [1.29, 1.82) is 0 Å². The lowest BCUT2D eigenvalue weighted by molar-refractivity contribution is 0.353. The fourth-order valence-electron chi connectivity index (χ4n) is 3.93. The maximum atomic E-state index is 5.46. The van der Waals surface area contributed by atoms with Gasteiger partial charge < -0.3 is 19.7 Å². The van der Waals surface area contributed by atoms with Crippen LogP contribution in [0.4, 0.5) is 11.8 Å². The maximum absolute atomic E-state index is 5.46. The number of benzene rings is 1. The summed E-state index contributed by atoms with van der Waals surface area (Å²) in [7, 11) is 3.36. The highest BCUT2D eigenvalue weighted by molar-refractivity contribution is 5.52. The van der Waals surface area contributed by atoms with Crippen LogP contribution in [0.2, 0.25) is 0 Å². The number of nitrogens with zero attached hydrogens (tertiary/aromatic N) is 3. The van der Waals surface area contributed by atoms with Crippen LogP contribution < -0.4 is 19.7 Å². The Morgan fingerprint density at radius 1 is 1.08 bits per heavy atom. The van der Waals surface area contributed by atoms with Gasteiger partial charge in [-0.3, -0.25) is 0 Å². The molecule has 0 saturated heterocycles. The lowest BCUT2D eigenvalue weighted by Crippen LogP contribution is -2.31. The van der Waals surface area contributed by atoms with Gasteiger partial charge in [0, 0.05) is 25.3 Å². The van der Waals surface area contributed by atoms with Gasteiger partial charge in [-0.2, -0.15) is 4.98 Å². The van der Waals surface area contributed by atoms with Gasteiger partial charge in [-0.05, 0) is 48.6 Å². The normalized spacial score (nSPS) is 17.1. The molecule has 1 saturated carbocycles. The van der Waals surface area contributed by atoms with Crippen LogP contribution in [-0.4, -0.2) is 36.8 Å². The first kappa shape index (κ1) is 16.9. The zero-order valence-corrected chi connectivity index (χ0v) is 15.5. The molecule has 0 spiro atoms. The van der Waals surface area contributed by atoms with Crippen LogP contribution in [0.1, 0.15) is 36.8 Å². The number of fused-ring (bicyclic) bond motifs is 1. The van der Waals surface area contributed by atoms with E-state index in [-0.39, 0.29) is 0 Å². The number of nitrogens with one attached hydrogen (secondary N) is 1. The van der Waals surface area contributed by atoms with Gasteiger partial charge in [0.2, 0.25) is 5.95 Å². The molecule has 138 valence electrons. The molecule has 0 unspecified atom stereocenters. The quantitative estimate of drug-likeness (QED) is 0.888. The molecular formula is C20H26N4O2. The van der Waals surface area contributed by atoms with E-state index in [0.717, 1.165) is 42.8 Å². The Morgan fingerprint density at radius 2 is 1.81 bits per heavy atom. The second-order valence-corrected chi connectivity index (χ2v) is 7.01. The fourth-order valence-corrected chi connectivity index (χ4v) is 3.93. The van der Waals surface area contributed by atoms with E-state index in [2.05, 4.69) is 27.3 Å². The van der Waals surface area contributed by atoms with Gasteiger partial charge in [0.25, 0.3) is 0 Å². The predicted octanol–water partition coefficient (Wildman–Crippen LogP) is 3.41. The SMILES string of the molecule is COc1cc2c(cc1OC)CN(c1ccnc(NC3CCCC3)n1)CC2. The van der Waals surface area contributed by atoms with Gasteiger partial charge in [0.15, 0.2) is 11.5 Å². The molecule has 26 heavy (non-hydrogen) atoms. The lowest BCUT2D eigenvalue weighted by Gasteiger charge is -2.30. The molecular weight excluding hydrogens is 328 g/mol. The summed E-state index contributed by atoms with van der Waals surface area (Å²) in [5, 5.41) is 3.49. The average Bonchev–Trinajstić information content (AvgIpc) is 3.19. The van der Waals surface area contributed by atoms with E-state index in [9.17, 15) is 0 Å². The molecule has 4 rings (SSSR count). The smallest absolute Gasteiger partial charge is 0.224 e. The maximum Gasteiger partial charge on any atom is 0.224 e. The Hall–Kier alpha value is -2.50. The third kappa shape index (κ3) is 3.41. The van der Waals surface area contributed by atoms with Crippen molar-refractivity contribution in [3.63, 3.8) is 0 Å². The van der Waals surface area contributed by atoms with Gasteiger partial charge in [-0.1, -0.05) is 12.8 Å². The largest absolute Gasteiger partial charge is 0.493 e. The summed E-state index contributed by atoms with van der Waals surface area (Å²) in [5.74, 6) is 3.29. The van der Waals surface area contributed by atoms with Crippen molar-refractivity contribution < 1.29 is 9.47 Å². The Labute approximate surface area is 154 Å². The second kappa shape index (κ2) is 7.40. The molecule has 1 aliphatic heterocycles. The zero-order valence-electron chi connectivity index (χ0n) is 15.5. The van der Waals surface area contributed by atoms with Gasteiger partial charge in [-0.25, -0.2) is 4.98 Å².